The number of halogens is 1. The maximum atomic E-state index is 6.17. The van der Waals surface area contributed by atoms with Crippen molar-refractivity contribution in [1.29, 1.82) is 0 Å². The van der Waals surface area contributed by atoms with E-state index < -0.39 is 0 Å². The summed E-state index contributed by atoms with van der Waals surface area (Å²) in [5, 5.41) is 0.319. The second-order valence-corrected chi connectivity index (χ2v) is 4.84. The van der Waals surface area contributed by atoms with Crippen LogP contribution in [0.5, 0.6) is 0 Å². The first-order chi connectivity index (χ1) is 6.13. The molecular weight excluding hydrogens is 184 g/mol. The minimum absolute atomic E-state index is 0.319. The molecule has 0 spiro atoms. The first kappa shape index (κ1) is 11.3. The molecule has 0 amide bonds. The second-order valence-electron chi connectivity index (χ2n) is 4.28. The van der Waals surface area contributed by atoms with E-state index in [0.717, 1.165) is 12.8 Å². The van der Waals surface area contributed by atoms with E-state index in [1.54, 1.807) is 0 Å². The Morgan fingerprint density at radius 3 is 2.62 bits per heavy atom. The highest BCUT2D eigenvalue weighted by Crippen LogP contribution is 2.27. The van der Waals surface area contributed by atoms with Crippen molar-refractivity contribution in [1.82, 2.24) is 0 Å². The van der Waals surface area contributed by atoms with E-state index in [4.69, 9.17) is 16.3 Å². The average Bonchev–Trinajstić information content (AvgIpc) is 2.49. The van der Waals surface area contributed by atoms with Crippen LogP contribution in [0.3, 0.4) is 0 Å². The zero-order chi connectivity index (χ0) is 9.84. The van der Waals surface area contributed by atoms with E-state index in [9.17, 15) is 0 Å². The summed E-state index contributed by atoms with van der Waals surface area (Å²) >= 11 is 6.17. The van der Waals surface area contributed by atoms with Gasteiger partial charge in [-0.15, -0.1) is 11.6 Å². The lowest BCUT2D eigenvalue weighted by molar-refractivity contribution is 0.0419. The number of hydrogen-bond acceptors (Lipinski definition) is 1. The SMILES string of the molecule is CCC(Cl)C(C)CC1CCC(C)O1. The Labute approximate surface area is 86.8 Å². The summed E-state index contributed by atoms with van der Waals surface area (Å²) in [6, 6.07) is 0. The monoisotopic (exact) mass is 204 g/mol. The van der Waals surface area contributed by atoms with Gasteiger partial charge in [0.25, 0.3) is 0 Å². The highest BCUT2D eigenvalue weighted by molar-refractivity contribution is 6.20. The van der Waals surface area contributed by atoms with Gasteiger partial charge in [0, 0.05) is 5.38 Å². The van der Waals surface area contributed by atoms with Gasteiger partial charge in [-0.25, -0.2) is 0 Å². The molecule has 78 valence electrons. The lowest BCUT2D eigenvalue weighted by atomic mass is 9.97. The fraction of sp³-hybridized carbons (Fsp3) is 1.00. The van der Waals surface area contributed by atoms with Crippen molar-refractivity contribution in [3.05, 3.63) is 0 Å². The molecule has 1 aliphatic rings. The molecule has 1 fully saturated rings. The molecule has 1 saturated heterocycles. The van der Waals surface area contributed by atoms with E-state index in [2.05, 4.69) is 20.8 Å². The summed E-state index contributed by atoms with van der Waals surface area (Å²) in [5.41, 5.74) is 0. The fourth-order valence-electron chi connectivity index (χ4n) is 2.02. The van der Waals surface area contributed by atoms with Gasteiger partial charge in [0.2, 0.25) is 0 Å². The van der Waals surface area contributed by atoms with Crippen LogP contribution in [0.25, 0.3) is 0 Å². The molecule has 0 aromatic carbocycles. The van der Waals surface area contributed by atoms with Gasteiger partial charge in [-0.3, -0.25) is 0 Å². The van der Waals surface area contributed by atoms with Crippen molar-refractivity contribution < 1.29 is 4.74 Å². The first-order valence-corrected chi connectivity index (χ1v) is 5.86. The Morgan fingerprint density at radius 1 is 1.46 bits per heavy atom. The van der Waals surface area contributed by atoms with E-state index in [1.165, 1.54) is 12.8 Å². The molecule has 0 aromatic rings. The summed E-state index contributed by atoms with van der Waals surface area (Å²) in [5.74, 6) is 0.585. The van der Waals surface area contributed by atoms with Crippen molar-refractivity contribution in [3.8, 4) is 0 Å². The van der Waals surface area contributed by atoms with Gasteiger partial charge in [-0.2, -0.15) is 0 Å². The first-order valence-electron chi connectivity index (χ1n) is 5.43. The standard InChI is InChI=1S/C11H21ClO/c1-4-11(12)8(2)7-10-6-5-9(3)13-10/h8-11H,4-7H2,1-3H3. The van der Waals surface area contributed by atoms with Crippen LogP contribution in [0.2, 0.25) is 0 Å². The zero-order valence-electron chi connectivity index (χ0n) is 8.92. The van der Waals surface area contributed by atoms with Crippen molar-refractivity contribution in [3.63, 3.8) is 0 Å². The average molecular weight is 205 g/mol. The smallest absolute Gasteiger partial charge is 0.0582 e. The summed E-state index contributed by atoms with van der Waals surface area (Å²) in [7, 11) is 0. The lowest BCUT2D eigenvalue weighted by Crippen LogP contribution is -2.18. The van der Waals surface area contributed by atoms with E-state index in [0.29, 0.717) is 23.5 Å². The Kier molecular flexibility index (Phi) is 4.54. The molecule has 2 heteroatoms. The van der Waals surface area contributed by atoms with Gasteiger partial charge >= 0.3 is 0 Å². The Morgan fingerprint density at radius 2 is 2.15 bits per heavy atom. The Balaban J connectivity index is 2.24. The van der Waals surface area contributed by atoms with Gasteiger partial charge in [0.05, 0.1) is 12.2 Å². The predicted octanol–water partition coefficient (Wildman–Crippen LogP) is 3.60. The molecule has 0 bridgehead atoms. The van der Waals surface area contributed by atoms with Gasteiger partial charge in [-0.1, -0.05) is 13.8 Å². The lowest BCUT2D eigenvalue weighted by Gasteiger charge is -2.20. The highest BCUT2D eigenvalue weighted by atomic mass is 35.5. The summed E-state index contributed by atoms with van der Waals surface area (Å²) in [6.07, 6.45) is 5.57. The van der Waals surface area contributed by atoms with Gasteiger partial charge in [0.1, 0.15) is 0 Å². The van der Waals surface area contributed by atoms with Gasteiger partial charge in [-0.05, 0) is 38.5 Å². The third kappa shape index (κ3) is 3.47. The van der Waals surface area contributed by atoms with Crippen LogP contribution in [0.15, 0.2) is 0 Å². The van der Waals surface area contributed by atoms with E-state index in [-0.39, 0.29) is 0 Å². The molecule has 1 rings (SSSR count). The normalized spacial score (nSPS) is 33.2. The molecular formula is C11H21ClO. The molecule has 1 nitrogen and oxygen atoms in total. The number of rotatable bonds is 4. The van der Waals surface area contributed by atoms with Crippen LogP contribution in [-0.2, 0) is 4.74 Å². The molecule has 4 atom stereocenters. The molecule has 0 saturated carbocycles. The van der Waals surface area contributed by atoms with Crippen molar-refractivity contribution in [2.75, 3.05) is 0 Å². The number of hydrogen-bond donors (Lipinski definition) is 0. The maximum Gasteiger partial charge on any atom is 0.0582 e. The van der Waals surface area contributed by atoms with Crippen LogP contribution >= 0.6 is 11.6 Å². The van der Waals surface area contributed by atoms with Crippen LogP contribution in [-0.4, -0.2) is 17.6 Å². The van der Waals surface area contributed by atoms with Crippen LogP contribution in [0.4, 0.5) is 0 Å². The summed E-state index contributed by atoms with van der Waals surface area (Å²) in [4.78, 5) is 0. The predicted molar refractivity (Wildman–Crippen MR) is 57.3 cm³/mol. The van der Waals surface area contributed by atoms with Gasteiger partial charge in [0.15, 0.2) is 0 Å². The Hall–Kier alpha value is 0.250. The molecule has 1 heterocycles. The minimum Gasteiger partial charge on any atom is -0.375 e. The third-order valence-electron chi connectivity index (χ3n) is 2.96. The third-order valence-corrected chi connectivity index (χ3v) is 3.70. The molecule has 1 aliphatic heterocycles. The molecule has 0 radical (unpaired) electrons. The molecule has 4 unspecified atom stereocenters. The zero-order valence-corrected chi connectivity index (χ0v) is 9.68. The Bertz CT molecular complexity index is 149. The van der Waals surface area contributed by atoms with Gasteiger partial charge < -0.3 is 4.74 Å². The van der Waals surface area contributed by atoms with Crippen molar-refractivity contribution in [2.45, 2.75) is 64.0 Å². The molecule has 0 N–H and O–H groups in total. The largest absolute Gasteiger partial charge is 0.375 e. The van der Waals surface area contributed by atoms with Crippen LogP contribution < -0.4 is 0 Å². The van der Waals surface area contributed by atoms with Crippen LogP contribution in [0.1, 0.15) is 46.5 Å². The van der Waals surface area contributed by atoms with Crippen molar-refractivity contribution >= 4 is 11.6 Å². The second kappa shape index (κ2) is 5.21. The van der Waals surface area contributed by atoms with E-state index in [1.807, 2.05) is 0 Å². The minimum atomic E-state index is 0.319. The summed E-state index contributed by atoms with van der Waals surface area (Å²) < 4.78 is 5.77. The topological polar surface area (TPSA) is 9.23 Å². The molecule has 13 heavy (non-hydrogen) atoms. The number of ether oxygens (including phenoxy) is 1. The van der Waals surface area contributed by atoms with Crippen molar-refractivity contribution in [2.24, 2.45) is 5.92 Å². The molecule has 0 aromatic heterocycles. The van der Waals surface area contributed by atoms with E-state index >= 15 is 0 Å². The maximum absolute atomic E-state index is 6.17. The fourth-order valence-corrected chi connectivity index (χ4v) is 2.13. The molecule has 0 aliphatic carbocycles. The highest BCUT2D eigenvalue weighted by Gasteiger charge is 2.25. The quantitative estimate of drug-likeness (QED) is 0.636. The summed E-state index contributed by atoms with van der Waals surface area (Å²) in [6.45, 7) is 6.53. The number of alkyl halides is 1. The van der Waals surface area contributed by atoms with Crippen LogP contribution in [0, 0.1) is 5.92 Å².